The maximum atomic E-state index is 11.8. The summed E-state index contributed by atoms with van der Waals surface area (Å²) in [6, 6.07) is 4.89. The topological polar surface area (TPSA) is 103 Å². The molecule has 136 valence electrons. The van der Waals surface area contributed by atoms with E-state index in [1.165, 1.54) is 0 Å². The molecule has 0 saturated heterocycles. The fraction of sp³-hybridized carbons (Fsp3) is 0.500. The normalized spacial score (nSPS) is 16.6. The Morgan fingerprint density at radius 3 is 2.68 bits per heavy atom. The Bertz CT molecular complexity index is 723. The van der Waals surface area contributed by atoms with E-state index >= 15 is 0 Å². The first-order valence-electron chi connectivity index (χ1n) is 7.13. The fourth-order valence-electron chi connectivity index (χ4n) is 1.84. The maximum absolute atomic E-state index is 11.8. The van der Waals surface area contributed by atoms with Gasteiger partial charge in [-0.3, -0.25) is 0 Å². The average molecular weight is 403 g/mol. The Morgan fingerprint density at radius 2 is 2.04 bits per heavy atom. The van der Waals surface area contributed by atoms with Gasteiger partial charge in [-0.1, -0.05) is 11.6 Å². The molecule has 1 aliphatic heterocycles. The van der Waals surface area contributed by atoms with Gasteiger partial charge in [-0.25, -0.2) is 9.52 Å². The number of rotatable bonds is 4. The van der Waals surface area contributed by atoms with Gasteiger partial charge < -0.3 is 14.2 Å². The third-order valence-electron chi connectivity index (χ3n) is 2.74. The molecule has 0 fully saturated rings. The predicted molar refractivity (Wildman–Crippen MR) is 94.8 cm³/mol. The Morgan fingerprint density at radius 1 is 1.36 bits per heavy atom. The number of hydrogen-bond acceptors (Lipinski definition) is 6. The van der Waals surface area contributed by atoms with Gasteiger partial charge in [-0.15, -0.1) is 0 Å². The summed E-state index contributed by atoms with van der Waals surface area (Å²) < 4.78 is 43.6. The summed E-state index contributed by atoms with van der Waals surface area (Å²) in [5.41, 5.74) is -0.801. The zero-order valence-electron chi connectivity index (χ0n) is 13.5. The van der Waals surface area contributed by atoms with Crippen LogP contribution in [0.4, 0.5) is 4.79 Å². The molecule has 0 saturated carbocycles. The Balaban J connectivity index is 0.00000312. The van der Waals surface area contributed by atoms with Gasteiger partial charge in [0.15, 0.2) is 11.5 Å². The van der Waals surface area contributed by atoms with Gasteiger partial charge in [0.1, 0.15) is 18.3 Å². The van der Waals surface area contributed by atoms with Crippen molar-refractivity contribution < 1.29 is 27.4 Å². The van der Waals surface area contributed by atoms with Crippen LogP contribution in [0, 0.1) is 0 Å². The number of carbonyl (C=O) groups is 1. The van der Waals surface area contributed by atoms with Gasteiger partial charge in [-0.2, -0.15) is 13.1 Å². The molecule has 1 aromatic carbocycles. The van der Waals surface area contributed by atoms with Crippen molar-refractivity contribution in [3.8, 4) is 11.5 Å². The molecule has 0 bridgehead atoms. The fourth-order valence-corrected chi connectivity index (χ4v) is 2.74. The summed E-state index contributed by atoms with van der Waals surface area (Å²) in [7, 11) is -4.07. The van der Waals surface area contributed by atoms with Crippen LogP contribution in [-0.4, -0.2) is 68.9 Å². The van der Waals surface area contributed by atoms with Crippen molar-refractivity contribution in [1.29, 1.82) is 0 Å². The van der Waals surface area contributed by atoms with Gasteiger partial charge in [0.2, 0.25) is 0 Å². The minimum absolute atomic E-state index is 0. The summed E-state index contributed by atoms with van der Waals surface area (Å²) in [5.74, 6) is 0.962. The van der Waals surface area contributed by atoms with Crippen molar-refractivity contribution in [2.24, 2.45) is 0 Å². The van der Waals surface area contributed by atoms with Gasteiger partial charge in [0.05, 0.1) is 6.54 Å². The molecule has 0 radical (unpaired) electrons. The quantitative estimate of drug-likeness (QED) is 0.733. The van der Waals surface area contributed by atoms with Gasteiger partial charge in [-0.05, 0) is 32.9 Å². The van der Waals surface area contributed by atoms with Crippen LogP contribution in [0.1, 0.15) is 20.8 Å². The van der Waals surface area contributed by atoms with Crippen LogP contribution in [-0.2, 0) is 14.9 Å². The molecule has 1 heterocycles. The average Bonchev–Trinajstić information content (AvgIpc) is 2.42. The van der Waals surface area contributed by atoms with Crippen LogP contribution in [0.2, 0.25) is 5.02 Å². The van der Waals surface area contributed by atoms with Crippen LogP contribution >= 0.6 is 11.6 Å². The van der Waals surface area contributed by atoms with Crippen LogP contribution in [0.3, 0.4) is 0 Å². The van der Waals surface area contributed by atoms with E-state index in [4.69, 9.17) is 25.8 Å². The number of fused-ring (bicyclic) bond motifs is 1. The summed E-state index contributed by atoms with van der Waals surface area (Å²) in [4.78, 5) is 11.5. The summed E-state index contributed by atoms with van der Waals surface area (Å²) >= 11 is 5.85. The van der Waals surface area contributed by atoms with Gasteiger partial charge >= 0.3 is 45.9 Å². The van der Waals surface area contributed by atoms with E-state index in [0.29, 0.717) is 16.5 Å². The number of ether oxygens (including phenoxy) is 3. The molecule has 0 spiro atoms. The zero-order chi connectivity index (χ0) is 18.0. The van der Waals surface area contributed by atoms with Crippen LogP contribution in [0.5, 0.6) is 11.5 Å². The predicted octanol–water partition coefficient (Wildman–Crippen LogP) is 1.19. The first-order chi connectivity index (χ1) is 11.0. The number of hydrogen-bond donors (Lipinski definition) is 2. The molecule has 1 aromatic rings. The molecule has 25 heavy (non-hydrogen) atoms. The summed E-state index contributed by atoms with van der Waals surface area (Å²) in [6.45, 7) is 4.94. The summed E-state index contributed by atoms with van der Waals surface area (Å²) in [5, 5.41) is 0.512. The van der Waals surface area contributed by atoms with E-state index in [1.807, 2.05) is 0 Å². The molecule has 0 aromatic heterocycles. The molecule has 8 nitrogen and oxygen atoms in total. The number of halogens is 1. The van der Waals surface area contributed by atoms with Crippen LogP contribution in [0.25, 0.3) is 0 Å². The second kappa shape index (κ2) is 8.79. The van der Waals surface area contributed by atoms with Crippen molar-refractivity contribution in [2.75, 3.05) is 13.2 Å². The third kappa shape index (κ3) is 7.59. The molecule has 1 atom stereocenters. The molecule has 1 unspecified atom stereocenters. The van der Waals surface area contributed by atoms with Crippen molar-refractivity contribution in [3.05, 3.63) is 23.2 Å². The minimum atomic E-state index is -4.07. The van der Waals surface area contributed by atoms with Crippen molar-refractivity contribution in [2.45, 2.75) is 32.5 Å². The second-order valence-corrected chi connectivity index (χ2v) is 8.03. The van der Waals surface area contributed by atoms with E-state index in [-0.39, 0.29) is 42.7 Å². The van der Waals surface area contributed by atoms with Crippen LogP contribution < -0.4 is 18.9 Å². The van der Waals surface area contributed by atoms with E-state index in [0.717, 1.165) is 0 Å². The first kappa shape index (κ1) is 22.3. The van der Waals surface area contributed by atoms with Crippen molar-refractivity contribution in [1.82, 2.24) is 9.44 Å². The van der Waals surface area contributed by atoms with Gasteiger partial charge in [0, 0.05) is 11.1 Å². The molecule has 11 heteroatoms. The molecular weight excluding hydrogens is 383 g/mol. The number of carbonyl (C=O) groups excluding carboxylic acids is 1. The molecule has 1 aliphatic rings. The third-order valence-corrected chi connectivity index (χ3v) is 3.96. The monoisotopic (exact) mass is 402 g/mol. The van der Waals surface area contributed by atoms with Crippen molar-refractivity contribution >= 4 is 57.5 Å². The Hall–Kier alpha value is -0.710. The number of amides is 1. The van der Waals surface area contributed by atoms with Gasteiger partial charge in [0.25, 0.3) is 0 Å². The van der Waals surface area contributed by atoms with E-state index < -0.39 is 28.0 Å². The SMILES string of the molecule is CC(C)(C)OC(=O)NS(=O)(=O)NCC1COc2cc(Cl)ccc2O1.[NaH]. The molecule has 0 aliphatic carbocycles. The zero-order valence-corrected chi connectivity index (χ0v) is 15.0. The van der Waals surface area contributed by atoms with E-state index in [2.05, 4.69) is 4.72 Å². The van der Waals surface area contributed by atoms with E-state index in [1.54, 1.807) is 43.7 Å². The Kier molecular flexibility index (Phi) is 7.85. The Labute approximate surface area is 174 Å². The second-order valence-electron chi connectivity index (χ2n) is 6.10. The number of nitrogens with one attached hydrogen (secondary N) is 2. The van der Waals surface area contributed by atoms with Crippen molar-refractivity contribution in [3.63, 3.8) is 0 Å². The summed E-state index contributed by atoms with van der Waals surface area (Å²) in [6.07, 6.45) is -1.61. The van der Waals surface area contributed by atoms with Crippen LogP contribution in [0.15, 0.2) is 18.2 Å². The molecule has 2 N–H and O–H groups in total. The molecular formula is C14H20ClN2NaO6S. The number of benzene rings is 1. The molecule has 1 amide bonds. The van der Waals surface area contributed by atoms with E-state index in [9.17, 15) is 13.2 Å². The molecule has 2 rings (SSSR count). The first-order valence-corrected chi connectivity index (χ1v) is 8.99. The standard InChI is InChI=1S/C14H19ClN2O6S.Na.H/c1-14(2,3)23-13(18)17-24(19,20)16-7-10-8-21-12-6-9(15)4-5-11(12)22-10;;/h4-6,10,16H,7-8H2,1-3H3,(H,17,18);;.